The molecule has 15 heavy (non-hydrogen) atoms. The van der Waals surface area contributed by atoms with Crippen LogP contribution in [0.15, 0.2) is 30.4 Å². The average Bonchev–Trinajstić information content (AvgIpc) is 2.23. The third-order valence-corrected chi connectivity index (χ3v) is 3.89. The second-order valence-electron chi connectivity index (χ2n) is 4.61. The number of fused-ring (bicyclic) bond motifs is 4. The zero-order valence-corrected chi connectivity index (χ0v) is 9.24. The Balaban J connectivity index is 2.09. The van der Waals surface area contributed by atoms with E-state index in [4.69, 9.17) is 17.3 Å². The molecule has 0 aromatic heterocycles. The minimum absolute atomic E-state index is 0.230. The molecule has 1 aromatic rings. The fourth-order valence-electron chi connectivity index (χ4n) is 2.83. The van der Waals surface area contributed by atoms with E-state index < -0.39 is 0 Å². The Hall–Kier alpha value is -0.790. The van der Waals surface area contributed by atoms with Gasteiger partial charge in [-0.05, 0) is 42.0 Å². The van der Waals surface area contributed by atoms with Crippen LogP contribution in [0.25, 0.3) is 0 Å². The van der Waals surface area contributed by atoms with Crippen molar-refractivity contribution in [3.8, 4) is 0 Å². The monoisotopic (exact) mass is 219 g/mol. The number of hydrogen-bond acceptors (Lipinski definition) is 1. The predicted molar refractivity (Wildman–Crippen MR) is 63.1 cm³/mol. The van der Waals surface area contributed by atoms with Crippen LogP contribution < -0.4 is 5.73 Å². The van der Waals surface area contributed by atoms with Crippen LogP contribution in [0.4, 0.5) is 0 Å². The summed E-state index contributed by atoms with van der Waals surface area (Å²) in [5.41, 5.74) is 8.90. The van der Waals surface area contributed by atoms with Crippen LogP contribution >= 0.6 is 11.6 Å². The van der Waals surface area contributed by atoms with E-state index in [1.165, 1.54) is 17.5 Å². The van der Waals surface area contributed by atoms with Crippen LogP contribution in [0.1, 0.15) is 23.5 Å². The Morgan fingerprint density at radius 2 is 2.13 bits per heavy atom. The number of benzene rings is 1. The van der Waals surface area contributed by atoms with Crippen molar-refractivity contribution < 1.29 is 0 Å². The Morgan fingerprint density at radius 3 is 3.00 bits per heavy atom. The summed E-state index contributed by atoms with van der Waals surface area (Å²) in [6.07, 6.45) is 6.70. The number of allylic oxidation sites excluding steroid dienone is 1. The van der Waals surface area contributed by atoms with Gasteiger partial charge in [0, 0.05) is 17.0 Å². The molecule has 1 nitrogen and oxygen atoms in total. The first-order valence-corrected chi connectivity index (χ1v) is 5.84. The molecule has 0 unspecified atom stereocenters. The summed E-state index contributed by atoms with van der Waals surface area (Å²) in [5.74, 6) is 1.17. The van der Waals surface area contributed by atoms with Crippen LogP contribution in [-0.2, 0) is 6.42 Å². The van der Waals surface area contributed by atoms with E-state index in [1.54, 1.807) is 0 Å². The van der Waals surface area contributed by atoms with Crippen molar-refractivity contribution in [2.75, 3.05) is 0 Å². The molecule has 2 heteroatoms. The molecular formula is C13H14ClN. The first kappa shape index (κ1) is 9.44. The smallest absolute Gasteiger partial charge is 0.0408 e. The minimum atomic E-state index is 0.230. The number of nitrogens with two attached hydrogens (primary N) is 1. The summed E-state index contributed by atoms with van der Waals surface area (Å²) in [6, 6.07) is 6.48. The Bertz CT molecular complexity index is 425. The lowest BCUT2D eigenvalue weighted by Gasteiger charge is -2.36. The maximum absolute atomic E-state index is 6.06. The molecule has 2 aliphatic carbocycles. The van der Waals surface area contributed by atoms with Gasteiger partial charge in [-0.3, -0.25) is 0 Å². The zero-order valence-electron chi connectivity index (χ0n) is 8.49. The summed E-state index contributed by atoms with van der Waals surface area (Å²) in [5, 5.41) is 0.839. The second-order valence-corrected chi connectivity index (χ2v) is 5.05. The van der Waals surface area contributed by atoms with Gasteiger partial charge in [-0.15, -0.1) is 0 Å². The van der Waals surface area contributed by atoms with Gasteiger partial charge in [-0.2, -0.15) is 0 Å². The van der Waals surface area contributed by atoms with E-state index in [0.29, 0.717) is 11.8 Å². The highest BCUT2D eigenvalue weighted by Gasteiger charge is 2.31. The summed E-state index contributed by atoms with van der Waals surface area (Å²) >= 11 is 6.02. The molecular weight excluding hydrogens is 206 g/mol. The quantitative estimate of drug-likeness (QED) is 0.668. The second kappa shape index (κ2) is 3.36. The topological polar surface area (TPSA) is 26.0 Å². The molecule has 0 fully saturated rings. The van der Waals surface area contributed by atoms with Gasteiger partial charge in [0.1, 0.15) is 0 Å². The van der Waals surface area contributed by atoms with Crippen LogP contribution in [0.3, 0.4) is 0 Å². The summed E-state index contributed by atoms with van der Waals surface area (Å²) in [7, 11) is 0. The van der Waals surface area contributed by atoms with Crippen LogP contribution in [0.2, 0.25) is 5.02 Å². The Morgan fingerprint density at radius 1 is 1.27 bits per heavy atom. The van der Waals surface area contributed by atoms with Crippen LogP contribution in [0, 0.1) is 5.92 Å². The standard InChI is InChI=1S/C13H14ClN/c14-11-2-3-12-8-1-4-13(15)10(5-8)6-9(12)7-11/h1-4,7-8,10,13H,5-6,15H2/t8-,10+,13-/m1/s1. The van der Waals surface area contributed by atoms with Gasteiger partial charge in [0.2, 0.25) is 0 Å². The van der Waals surface area contributed by atoms with Gasteiger partial charge in [0.05, 0.1) is 0 Å². The molecule has 2 N–H and O–H groups in total. The third-order valence-electron chi connectivity index (χ3n) is 3.65. The largest absolute Gasteiger partial charge is 0.324 e. The van der Waals surface area contributed by atoms with E-state index >= 15 is 0 Å². The molecule has 78 valence electrons. The van der Waals surface area contributed by atoms with E-state index in [1.807, 2.05) is 6.07 Å². The molecule has 0 aliphatic heterocycles. The van der Waals surface area contributed by atoms with Crippen molar-refractivity contribution in [1.29, 1.82) is 0 Å². The van der Waals surface area contributed by atoms with Crippen molar-refractivity contribution >= 4 is 11.6 Å². The SMILES string of the molecule is N[C@@H]1C=C[C@@H]2C[C@H]1Cc1cc(Cl)ccc12. The van der Waals surface area contributed by atoms with Crippen molar-refractivity contribution in [2.24, 2.45) is 11.7 Å². The van der Waals surface area contributed by atoms with Gasteiger partial charge in [0.25, 0.3) is 0 Å². The highest BCUT2D eigenvalue weighted by atomic mass is 35.5. The van der Waals surface area contributed by atoms with Gasteiger partial charge < -0.3 is 5.73 Å². The molecule has 0 radical (unpaired) electrons. The van der Waals surface area contributed by atoms with Crippen molar-refractivity contribution in [3.05, 3.63) is 46.5 Å². The van der Waals surface area contributed by atoms with Crippen molar-refractivity contribution in [1.82, 2.24) is 0 Å². The molecule has 0 amide bonds. The van der Waals surface area contributed by atoms with Gasteiger partial charge in [-0.1, -0.05) is 29.8 Å². The molecule has 1 aromatic carbocycles. The van der Waals surface area contributed by atoms with Crippen LogP contribution in [-0.4, -0.2) is 6.04 Å². The zero-order chi connectivity index (χ0) is 10.4. The van der Waals surface area contributed by atoms with E-state index in [-0.39, 0.29) is 6.04 Å². The van der Waals surface area contributed by atoms with Crippen molar-refractivity contribution in [2.45, 2.75) is 24.8 Å². The highest BCUT2D eigenvalue weighted by molar-refractivity contribution is 6.30. The van der Waals surface area contributed by atoms with Gasteiger partial charge in [0.15, 0.2) is 0 Å². The van der Waals surface area contributed by atoms with Crippen LogP contribution in [0.5, 0.6) is 0 Å². The normalized spacial score (nSPS) is 32.5. The summed E-state index contributed by atoms with van der Waals surface area (Å²) in [4.78, 5) is 0. The van der Waals surface area contributed by atoms with Gasteiger partial charge >= 0.3 is 0 Å². The predicted octanol–water partition coefficient (Wildman–Crippen LogP) is 2.88. The Kier molecular flexibility index (Phi) is 2.11. The fraction of sp³-hybridized carbons (Fsp3) is 0.385. The van der Waals surface area contributed by atoms with E-state index in [9.17, 15) is 0 Å². The lowest BCUT2D eigenvalue weighted by Crippen LogP contribution is -2.36. The summed E-state index contributed by atoms with van der Waals surface area (Å²) < 4.78 is 0. The molecule has 3 atom stereocenters. The maximum atomic E-state index is 6.06. The maximum Gasteiger partial charge on any atom is 0.0408 e. The molecule has 0 saturated heterocycles. The van der Waals surface area contributed by atoms with Gasteiger partial charge in [-0.25, -0.2) is 0 Å². The highest BCUT2D eigenvalue weighted by Crippen LogP contribution is 2.40. The van der Waals surface area contributed by atoms with E-state index in [0.717, 1.165) is 11.4 Å². The summed E-state index contributed by atoms with van der Waals surface area (Å²) in [6.45, 7) is 0. The number of hydrogen-bond donors (Lipinski definition) is 1. The molecule has 0 heterocycles. The number of rotatable bonds is 0. The fourth-order valence-corrected chi connectivity index (χ4v) is 3.02. The molecule has 0 saturated carbocycles. The number of halogens is 1. The minimum Gasteiger partial charge on any atom is -0.324 e. The first-order valence-electron chi connectivity index (χ1n) is 5.46. The molecule has 3 rings (SSSR count). The third kappa shape index (κ3) is 1.51. The molecule has 0 spiro atoms. The molecule has 2 aliphatic rings. The van der Waals surface area contributed by atoms with Crippen molar-refractivity contribution in [3.63, 3.8) is 0 Å². The first-order chi connectivity index (χ1) is 7.24. The molecule has 2 bridgehead atoms. The van der Waals surface area contributed by atoms with E-state index in [2.05, 4.69) is 24.3 Å². The lowest BCUT2D eigenvalue weighted by molar-refractivity contribution is 0.378. The lowest BCUT2D eigenvalue weighted by atomic mass is 9.71. The average molecular weight is 220 g/mol. The Labute approximate surface area is 94.9 Å².